The first-order valence-electron chi connectivity index (χ1n) is 6.29. The molecule has 3 rings (SSSR count). The maximum atomic E-state index is 9.52. The third-order valence-electron chi connectivity index (χ3n) is 3.20. The third kappa shape index (κ3) is 2.29. The minimum atomic E-state index is 0.427. The van der Waals surface area contributed by atoms with Gasteiger partial charge in [-0.05, 0) is 23.8 Å². The highest BCUT2D eigenvalue weighted by atomic mass is 16.3. The Bertz CT molecular complexity index is 834. The average molecular weight is 274 g/mol. The maximum Gasteiger partial charge on any atom is 0.136 e. The van der Waals surface area contributed by atoms with Crippen LogP contribution in [0.1, 0.15) is 16.7 Å². The molecule has 3 aromatic rings. The summed E-state index contributed by atoms with van der Waals surface area (Å²) in [6.07, 6.45) is 6.72. The van der Waals surface area contributed by atoms with E-state index in [0.717, 1.165) is 5.56 Å². The van der Waals surface area contributed by atoms with Gasteiger partial charge >= 0.3 is 0 Å². The Morgan fingerprint density at radius 3 is 2.71 bits per heavy atom. The zero-order chi connectivity index (χ0) is 14.7. The SMILES string of the molecule is N#Cc1ccc(Cn2ccnc2)c(C#N)c1-c1ccco1. The van der Waals surface area contributed by atoms with Gasteiger partial charge in [0.05, 0.1) is 35.4 Å². The van der Waals surface area contributed by atoms with E-state index in [1.807, 2.05) is 10.8 Å². The fourth-order valence-corrected chi connectivity index (χ4v) is 2.25. The number of hydrogen-bond donors (Lipinski definition) is 0. The molecule has 21 heavy (non-hydrogen) atoms. The zero-order valence-electron chi connectivity index (χ0n) is 11.0. The lowest BCUT2D eigenvalue weighted by molar-refractivity contribution is 0.582. The molecule has 100 valence electrons. The second-order valence-corrected chi connectivity index (χ2v) is 4.46. The first kappa shape index (κ1) is 12.7. The summed E-state index contributed by atoms with van der Waals surface area (Å²) in [7, 11) is 0. The van der Waals surface area contributed by atoms with Gasteiger partial charge in [-0.3, -0.25) is 0 Å². The molecule has 5 heteroatoms. The predicted molar refractivity (Wildman–Crippen MR) is 74.9 cm³/mol. The largest absolute Gasteiger partial charge is 0.464 e. The molecule has 5 nitrogen and oxygen atoms in total. The number of aromatic nitrogens is 2. The Labute approximate surface area is 121 Å². The normalized spacial score (nSPS) is 10.0. The second kappa shape index (κ2) is 5.36. The minimum absolute atomic E-state index is 0.427. The lowest BCUT2D eigenvalue weighted by Gasteiger charge is -2.10. The van der Waals surface area contributed by atoms with E-state index in [2.05, 4.69) is 17.1 Å². The van der Waals surface area contributed by atoms with Crippen LogP contribution < -0.4 is 0 Å². The van der Waals surface area contributed by atoms with Crippen LogP contribution >= 0.6 is 0 Å². The summed E-state index contributed by atoms with van der Waals surface area (Å²) in [5, 5.41) is 18.8. The van der Waals surface area contributed by atoms with Gasteiger partial charge in [0.25, 0.3) is 0 Å². The monoisotopic (exact) mass is 274 g/mol. The number of rotatable bonds is 3. The molecule has 2 heterocycles. The van der Waals surface area contributed by atoms with Crippen LogP contribution in [0.4, 0.5) is 0 Å². The highest BCUT2D eigenvalue weighted by Crippen LogP contribution is 2.30. The molecule has 0 fully saturated rings. The molecule has 0 unspecified atom stereocenters. The highest BCUT2D eigenvalue weighted by Gasteiger charge is 2.17. The van der Waals surface area contributed by atoms with Gasteiger partial charge in [-0.15, -0.1) is 0 Å². The summed E-state index contributed by atoms with van der Waals surface area (Å²) in [6.45, 7) is 0.516. The van der Waals surface area contributed by atoms with Crippen LogP contribution in [0.2, 0.25) is 0 Å². The van der Waals surface area contributed by atoms with Crippen molar-refractivity contribution < 1.29 is 4.42 Å². The van der Waals surface area contributed by atoms with E-state index in [1.54, 1.807) is 36.8 Å². The molecule has 0 bridgehead atoms. The van der Waals surface area contributed by atoms with Gasteiger partial charge in [-0.25, -0.2) is 4.98 Å². The number of imidazole rings is 1. The van der Waals surface area contributed by atoms with Gasteiger partial charge in [0, 0.05) is 18.9 Å². The minimum Gasteiger partial charge on any atom is -0.464 e. The Hall–Kier alpha value is -3.31. The van der Waals surface area contributed by atoms with E-state index >= 15 is 0 Å². The van der Waals surface area contributed by atoms with E-state index in [9.17, 15) is 10.5 Å². The van der Waals surface area contributed by atoms with Crippen molar-refractivity contribution in [3.63, 3.8) is 0 Å². The summed E-state index contributed by atoms with van der Waals surface area (Å²) in [5.74, 6) is 0.524. The fraction of sp³-hybridized carbons (Fsp3) is 0.0625. The van der Waals surface area contributed by atoms with Crippen molar-refractivity contribution in [3.05, 3.63) is 65.9 Å². The van der Waals surface area contributed by atoms with Crippen LogP contribution in [0.15, 0.2) is 53.7 Å². The van der Waals surface area contributed by atoms with Crippen LogP contribution in [-0.2, 0) is 6.54 Å². The van der Waals surface area contributed by atoms with Gasteiger partial charge in [0.1, 0.15) is 11.8 Å². The molecule has 0 aliphatic rings. The van der Waals surface area contributed by atoms with E-state index in [1.165, 1.54) is 6.26 Å². The fourth-order valence-electron chi connectivity index (χ4n) is 2.25. The number of benzene rings is 1. The molecule has 0 saturated heterocycles. The third-order valence-corrected chi connectivity index (χ3v) is 3.20. The number of hydrogen-bond acceptors (Lipinski definition) is 4. The van der Waals surface area contributed by atoms with Gasteiger partial charge in [0.2, 0.25) is 0 Å². The highest BCUT2D eigenvalue weighted by molar-refractivity contribution is 5.74. The van der Waals surface area contributed by atoms with E-state index in [-0.39, 0.29) is 0 Å². The molecule has 0 amide bonds. The van der Waals surface area contributed by atoms with E-state index < -0.39 is 0 Å². The average Bonchev–Trinajstić information content (AvgIpc) is 3.20. The Kier molecular flexibility index (Phi) is 3.24. The molecule has 0 N–H and O–H groups in total. The van der Waals surface area contributed by atoms with Crippen molar-refractivity contribution in [1.29, 1.82) is 10.5 Å². The molecular formula is C16H10N4O. The second-order valence-electron chi connectivity index (χ2n) is 4.46. The molecule has 0 saturated carbocycles. The summed E-state index contributed by atoms with van der Waals surface area (Å²) in [4.78, 5) is 3.99. The van der Waals surface area contributed by atoms with Crippen LogP contribution in [-0.4, -0.2) is 9.55 Å². The van der Waals surface area contributed by atoms with Gasteiger partial charge in [-0.2, -0.15) is 10.5 Å². The lowest BCUT2D eigenvalue weighted by Crippen LogP contribution is -2.02. The maximum absolute atomic E-state index is 9.52. The predicted octanol–water partition coefficient (Wildman–Crippen LogP) is 2.93. The van der Waals surface area contributed by atoms with Crippen molar-refractivity contribution in [1.82, 2.24) is 9.55 Å². The van der Waals surface area contributed by atoms with E-state index in [4.69, 9.17) is 4.42 Å². The number of furan rings is 1. The van der Waals surface area contributed by atoms with Gasteiger partial charge in [-0.1, -0.05) is 6.07 Å². The molecule has 2 aromatic heterocycles. The molecule has 0 radical (unpaired) electrons. The van der Waals surface area contributed by atoms with Crippen molar-refractivity contribution in [2.24, 2.45) is 0 Å². The van der Waals surface area contributed by atoms with Crippen molar-refractivity contribution >= 4 is 0 Å². The first-order valence-corrected chi connectivity index (χ1v) is 6.29. The van der Waals surface area contributed by atoms with Crippen LogP contribution in [0, 0.1) is 22.7 Å². The van der Waals surface area contributed by atoms with Crippen LogP contribution in [0.3, 0.4) is 0 Å². The standard InChI is InChI=1S/C16H10N4O/c17-8-12-3-4-13(10-20-6-5-19-11-20)14(9-18)16(12)15-2-1-7-21-15/h1-7,11H,10H2. The molecular weight excluding hydrogens is 264 g/mol. The van der Waals surface area contributed by atoms with Crippen LogP contribution in [0.25, 0.3) is 11.3 Å². The summed E-state index contributed by atoms with van der Waals surface area (Å²) < 4.78 is 7.24. The van der Waals surface area contributed by atoms with E-state index in [0.29, 0.717) is 29.0 Å². The molecule has 0 atom stereocenters. The first-order chi connectivity index (χ1) is 10.3. The van der Waals surface area contributed by atoms with Gasteiger partial charge < -0.3 is 8.98 Å². The lowest BCUT2D eigenvalue weighted by atomic mass is 9.95. The smallest absolute Gasteiger partial charge is 0.136 e. The number of nitrogens with zero attached hydrogens (tertiary/aromatic N) is 4. The Balaban J connectivity index is 2.18. The molecule has 1 aromatic carbocycles. The summed E-state index contributed by atoms with van der Waals surface area (Å²) >= 11 is 0. The van der Waals surface area contributed by atoms with Crippen molar-refractivity contribution in [3.8, 4) is 23.5 Å². The molecule has 0 aliphatic heterocycles. The van der Waals surface area contributed by atoms with Crippen LogP contribution in [0.5, 0.6) is 0 Å². The molecule has 0 aliphatic carbocycles. The Morgan fingerprint density at radius 1 is 1.19 bits per heavy atom. The molecule has 0 spiro atoms. The topological polar surface area (TPSA) is 78.5 Å². The summed E-state index contributed by atoms with van der Waals surface area (Å²) in [6, 6.07) is 11.3. The quantitative estimate of drug-likeness (QED) is 0.735. The zero-order valence-corrected chi connectivity index (χ0v) is 11.0. The van der Waals surface area contributed by atoms with Crippen molar-refractivity contribution in [2.45, 2.75) is 6.54 Å². The summed E-state index contributed by atoms with van der Waals surface area (Å²) in [5.41, 5.74) is 2.25. The van der Waals surface area contributed by atoms with Crippen molar-refractivity contribution in [2.75, 3.05) is 0 Å². The Morgan fingerprint density at radius 2 is 2.10 bits per heavy atom. The number of nitriles is 2. The van der Waals surface area contributed by atoms with Gasteiger partial charge in [0.15, 0.2) is 0 Å².